The third-order valence-corrected chi connectivity index (χ3v) is 3.37. The molecule has 0 aromatic carbocycles. The zero-order chi connectivity index (χ0) is 13.7. The number of pyridine rings is 1. The topological polar surface area (TPSA) is 71.2 Å². The monoisotopic (exact) mass is 278 g/mol. The summed E-state index contributed by atoms with van der Waals surface area (Å²) in [6.07, 6.45) is 5.11. The molecule has 2 rings (SSSR count). The molecule has 0 unspecified atom stereocenters. The van der Waals surface area contributed by atoms with E-state index in [0.29, 0.717) is 17.1 Å². The quantitative estimate of drug-likeness (QED) is 0.788. The van der Waals surface area contributed by atoms with Gasteiger partial charge in [0.25, 0.3) is 5.91 Å². The first-order valence-electron chi connectivity index (χ1n) is 6.36. The van der Waals surface area contributed by atoms with Crippen LogP contribution >= 0.6 is 12.2 Å². The van der Waals surface area contributed by atoms with Gasteiger partial charge in [0, 0.05) is 43.6 Å². The summed E-state index contributed by atoms with van der Waals surface area (Å²) in [6.45, 7) is 2.50. The van der Waals surface area contributed by atoms with E-state index in [-0.39, 0.29) is 11.9 Å². The lowest BCUT2D eigenvalue weighted by Crippen LogP contribution is -2.46. The van der Waals surface area contributed by atoms with E-state index in [1.807, 2.05) is 0 Å². The molecule has 1 aromatic rings. The minimum atomic E-state index is -0.0322. The van der Waals surface area contributed by atoms with Crippen LogP contribution in [0.25, 0.3) is 0 Å². The lowest BCUT2D eigenvalue weighted by Gasteiger charge is -2.31. The minimum Gasteiger partial charge on any atom is -0.392 e. The minimum absolute atomic E-state index is 0.0322. The molecule has 0 saturated carbocycles. The third kappa shape index (κ3) is 4.25. The predicted molar refractivity (Wildman–Crippen MR) is 78.0 cm³/mol. The Labute approximate surface area is 118 Å². The van der Waals surface area contributed by atoms with Crippen molar-refractivity contribution >= 4 is 23.1 Å². The molecule has 3 N–H and O–H groups in total. The Morgan fingerprint density at radius 3 is 2.63 bits per heavy atom. The van der Waals surface area contributed by atoms with E-state index in [4.69, 9.17) is 18.0 Å². The summed E-state index contributed by atoms with van der Waals surface area (Å²) in [7, 11) is 0. The molecule has 0 aliphatic carbocycles. The van der Waals surface area contributed by atoms with Crippen molar-refractivity contribution in [2.45, 2.75) is 18.9 Å². The molecule has 0 bridgehead atoms. The van der Waals surface area contributed by atoms with Crippen LogP contribution in [-0.4, -0.2) is 46.5 Å². The van der Waals surface area contributed by atoms with Crippen LogP contribution in [0.4, 0.5) is 0 Å². The Balaban J connectivity index is 1.80. The maximum absolute atomic E-state index is 12.0. The number of piperidine rings is 1. The van der Waals surface area contributed by atoms with Gasteiger partial charge in [-0.3, -0.25) is 14.7 Å². The van der Waals surface area contributed by atoms with E-state index in [9.17, 15) is 4.79 Å². The zero-order valence-electron chi connectivity index (χ0n) is 10.7. The number of nitrogens with one attached hydrogen (secondary N) is 1. The van der Waals surface area contributed by atoms with Crippen LogP contribution in [0, 0.1) is 0 Å². The number of rotatable bonds is 4. The Hall–Kier alpha value is -1.53. The van der Waals surface area contributed by atoms with E-state index < -0.39 is 0 Å². The van der Waals surface area contributed by atoms with E-state index in [2.05, 4.69) is 15.2 Å². The lowest BCUT2D eigenvalue weighted by atomic mass is 10.0. The zero-order valence-corrected chi connectivity index (χ0v) is 11.5. The first kappa shape index (κ1) is 13.9. The second-order valence-corrected chi connectivity index (χ2v) is 5.25. The highest BCUT2D eigenvalue weighted by Crippen LogP contribution is 2.10. The maximum Gasteiger partial charge on any atom is 0.251 e. The molecule has 1 fully saturated rings. The van der Waals surface area contributed by atoms with Crippen LogP contribution in [0.2, 0.25) is 0 Å². The number of hydrogen-bond donors (Lipinski definition) is 2. The van der Waals surface area contributed by atoms with Gasteiger partial charge in [0.2, 0.25) is 0 Å². The molecule has 6 heteroatoms. The number of hydrogen-bond acceptors (Lipinski definition) is 4. The van der Waals surface area contributed by atoms with Crippen molar-refractivity contribution in [1.29, 1.82) is 0 Å². The number of aromatic nitrogens is 1. The lowest BCUT2D eigenvalue weighted by molar-refractivity contribution is 0.0915. The maximum atomic E-state index is 12.0. The molecular weight excluding hydrogens is 260 g/mol. The summed E-state index contributed by atoms with van der Waals surface area (Å²) in [6, 6.07) is 3.66. The van der Waals surface area contributed by atoms with Crippen molar-refractivity contribution < 1.29 is 4.79 Å². The Kier molecular flexibility index (Phi) is 4.81. The molecule has 1 aromatic heterocycles. The standard InChI is InChI=1S/C13H18N4OS/c14-12(19)9-17-7-3-11(4-8-17)16-13(18)10-1-5-15-6-2-10/h1-2,5-6,11H,3-4,7-9H2,(H2,14,19)(H,16,18). The van der Waals surface area contributed by atoms with Gasteiger partial charge >= 0.3 is 0 Å². The van der Waals surface area contributed by atoms with Crippen molar-refractivity contribution in [1.82, 2.24) is 15.2 Å². The average Bonchev–Trinajstić information content (AvgIpc) is 2.41. The van der Waals surface area contributed by atoms with E-state index in [1.54, 1.807) is 24.5 Å². The third-order valence-electron chi connectivity index (χ3n) is 3.24. The number of likely N-dealkylation sites (tertiary alicyclic amines) is 1. The predicted octanol–water partition coefficient (Wildman–Crippen LogP) is 0.562. The molecule has 1 aliphatic rings. The van der Waals surface area contributed by atoms with Crippen molar-refractivity contribution in [2.24, 2.45) is 5.73 Å². The second kappa shape index (κ2) is 6.58. The van der Waals surface area contributed by atoms with Gasteiger partial charge in [-0.15, -0.1) is 0 Å². The molecular formula is C13H18N4OS. The SMILES string of the molecule is NC(=S)CN1CCC(NC(=O)c2ccncc2)CC1. The van der Waals surface area contributed by atoms with E-state index >= 15 is 0 Å². The molecule has 19 heavy (non-hydrogen) atoms. The molecule has 2 heterocycles. The fraction of sp³-hybridized carbons (Fsp3) is 0.462. The Morgan fingerprint density at radius 1 is 1.42 bits per heavy atom. The van der Waals surface area contributed by atoms with Crippen LogP contribution in [0.3, 0.4) is 0 Å². The number of nitrogens with zero attached hydrogens (tertiary/aromatic N) is 2. The number of amides is 1. The summed E-state index contributed by atoms with van der Waals surface area (Å²) in [4.78, 5) is 18.6. The molecule has 102 valence electrons. The molecule has 5 nitrogen and oxygen atoms in total. The summed E-state index contributed by atoms with van der Waals surface area (Å²) in [5.41, 5.74) is 6.18. The molecule has 1 amide bonds. The van der Waals surface area contributed by atoms with Gasteiger partial charge in [-0.05, 0) is 25.0 Å². The highest BCUT2D eigenvalue weighted by molar-refractivity contribution is 7.80. The number of thiocarbonyl (C=S) groups is 1. The number of carbonyl (C=O) groups is 1. The van der Waals surface area contributed by atoms with Gasteiger partial charge < -0.3 is 11.1 Å². The van der Waals surface area contributed by atoms with Crippen molar-refractivity contribution in [3.63, 3.8) is 0 Å². The van der Waals surface area contributed by atoms with Crippen molar-refractivity contribution in [3.8, 4) is 0 Å². The first-order chi connectivity index (χ1) is 9.15. The van der Waals surface area contributed by atoms with Gasteiger partial charge in [0.05, 0.1) is 4.99 Å². The normalized spacial score (nSPS) is 17.1. The first-order valence-corrected chi connectivity index (χ1v) is 6.77. The van der Waals surface area contributed by atoms with Gasteiger partial charge in [-0.2, -0.15) is 0 Å². The van der Waals surface area contributed by atoms with Gasteiger partial charge in [0.15, 0.2) is 0 Å². The summed E-state index contributed by atoms with van der Waals surface area (Å²) in [5.74, 6) is -0.0322. The number of nitrogens with two attached hydrogens (primary N) is 1. The molecule has 0 atom stereocenters. The van der Waals surface area contributed by atoms with Crippen molar-refractivity contribution in [2.75, 3.05) is 19.6 Å². The van der Waals surface area contributed by atoms with Gasteiger partial charge in [-0.25, -0.2) is 0 Å². The van der Waals surface area contributed by atoms with Gasteiger partial charge in [0.1, 0.15) is 0 Å². The van der Waals surface area contributed by atoms with Gasteiger partial charge in [-0.1, -0.05) is 12.2 Å². The van der Waals surface area contributed by atoms with E-state index in [0.717, 1.165) is 25.9 Å². The van der Waals surface area contributed by atoms with Crippen LogP contribution < -0.4 is 11.1 Å². The molecule has 0 radical (unpaired) electrons. The molecule has 1 aliphatic heterocycles. The number of carbonyl (C=O) groups excluding carboxylic acids is 1. The summed E-state index contributed by atoms with van der Waals surface area (Å²) >= 11 is 4.90. The van der Waals surface area contributed by atoms with Crippen LogP contribution in [0.15, 0.2) is 24.5 Å². The van der Waals surface area contributed by atoms with Crippen LogP contribution in [0.5, 0.6) is 0 Å². The Morgan fingerprint density at radius 2 is 2.05 bits per heavy atom. The van der Waals surface area contributed by atoms with Crippen LogP contribution in [0.1, 0.15) is 23.2 Å². The highest BCUT2D eigenvalue weighted by atomic mass is 32.1. The molecule has 1 saturated heterocycles. The Bertz CT molecular complexity index is 443. The average molecular weight is 278 g/mol. The molecule has 0 spiro atoms. The summed E-state index contributed by atoms with van der Waals surface area (Å²) < 4.78 is 0. The van der Waals surface area contributed by atoms with Crippen molar-refractivity contribution in [3.05, 3.63) is 30.1 Å². The van der Waals surface area contributed by atoms with E-state index in [1.165, 1.54) is 0 Å². The smallest absolute Gasteiger partial charge is 0.251 e. The highest BCUT2D eigenvalue weighted by Gasteiger charge is 2.21. The fourth-order valence-corrected chi connectivity index (χ4v) is 2.41. The summed E-state index contributed by atoms with van der Waals surface area (Å²) in [5, 5.41) is 3.05. The second-order valence-electron chi connectivity index (χ2n) is 4.73. The largest absolute Gasteiger partial charge is 0.392 e. The van der Waals surface area contributed by atoms with Crippen LogP contribution in [-0.2, 0) is 0 Å². The fourth-order valence-electron chi connectivity index (χ4n) is 2.23.